The molecule has 1 aliphatic carbocycles. The summed E-state index contributed by atoms with van der Waals surface area (Å²) in [6.07, 6.45) is 11.4. The van der Waals surface area contributed by atoms with Gasteiger partial charge in [-0.1, -0.05) is 42.0 Å². The zero-order chi connectivity index (χ0) is 14.3. The smallest absolute Gasteiger partial charge is 0.108 e. The molecule has 0 saturated heterocycles. The zero-order valence-corrected chi connectivity index (χ0v) is 12.0. The molecule has 0 heterocycles. The van der Waals surface area contributed by atoms with Gasteiger partial charge in [-0.25, -0.2) is 0 Å². The third-order valence-electron chi connectivity index (χ3n) is 3.81. The number of rotatable bonds is 4. The maximum atomic E-state index is 5.93. The minimum absolute atomic E-state index is 0.183. The molecule has 1 heteroatoms. The van der Waals surface area contributed by atoms with E-state index in [0.717, 1.165) is 31.2 Å². The topological polar surface area (TPSA) is 9.23 Å². The number of hydrogen-bond acceptors (Lipinski definition) is 1. The van der Waals surface area contributed by atoms with Crippen LogP contribution >= 0.6 is 0 Å². The van der Waals surface area contributed by atoms with E-state index in [2.05, 4.69) is 30.8 Å². The molecule has 0 bridgehead atoms. The second-order valence-electron chi connectivity index (χ2n) is 5.08. The molecule has 1 unspecified atom stereocenters. The van der Waals surface area contributed by atoms with E-state index in [-0.39, 0.29) is 5.60 Å². The van der Waals surface area contributed by atoms with Gasteiger partial charge in [0.2, 0.25) is 0 Å². The van der Waals surface area contributed by atoms with Crippen LogP contribution < -0.4 is 0 Å². The van der Waals surface area contributed by atoms with Crippen LogP contribution in [0.5, 0.6) is 0 Å². The molecule has 0 amide bonds. The van der Waals surface area contributed by atoms with E-state index >= 15 is 0 Å². The van der Waals surface area contributed by atoms with Gasteiger partial charge in [-0.3, -0.25) is 0 Å². The highest BCUT2D eigenvalue weighted by atomic mass is 16.5. The first kappa shape index (κ1) is 14.4. The van der Waals surface area contributed by atoms with Crippen LogP contribution in [0.2, 0.25) is 0 Å². The summed E-state index contributed by atoms with van der Waals surface area (Å²) in [5.41, 5.74) is 2.18. The van der Waals surface area contributed by atoms with E-state index in [9.17, 15) is 0 Å². The molecule has 1 aromatic carbocycles. The monoisotopic (exact) mass is 264 g/mol. The average Bonchev–Trinajstić information content (AvgIpc) is 2.84. The Morgan fingerprint density at radius 2 is 2.10 bits per heavy atom. The summed E-state index contributed by atoms with van der Waals surface area (Å²) in [7, 11) is 0. The maximum Gasteiger partial charge on any atom is 0.108 e. The lowest BCUT2D eigenvalue weighted by Gasteiger charge is -2.30. The first-order valence-corrected chi connectivity index (χ1v) is 7.05. The molecular weight excluding hydrogens is 244 g/mol. The normalized spacial score (nSPS) is 20.7. The molecule has 0 radical (unpaired) electrons. The number of hydrogen-bond donors (Lipinski definition) is 0. The fourth-order valence-corrected chi connectivity index (χ4v) is 2.62. The first-order valence-electron chi connectivity index (χ1n) is 7.05. The molecule has 2 rings (SSSR count). The third kappa shape index (κ3) is 3.53. The van der Waals surface area contributed by atoms with E-state index in [1.165, 1.54) is 5.57 Å². The van der Waals surface area contributed by atoms with Gasteiger partial charge in [-0.15, -0.1) is 6.42 Å². The Kier molecular flexibility index (Phi) is 5.05. The lowest BCUT2D eigenvalue weighted by Crippen LogP contribution is -2.31. The summed E-state index contributed by atoms with van der Waals surface area (Å²) in [6.45, 7) is 2.51. The molecule has 0 saturated carbocycles. The van der Waals surface area contributed by atoms with Gasteiger partial charge in [0, 0.05) is 12.0 Å². The summed E-state index contributed by atoms with van der Waals surface area (Å²) < 4.78 is 5.93. The largest absolute Gasteiger partial charge is 0.358 e. The lowest BCUT2D eigenvalue weighted by molar-refractivity contribution is -0.00271. The van der Waals surface area contributed by atoms with Crippen molar-refractivity contribution in [3.63, 3.8) is 0 Å². The fourth-order valence-electron chi connectivity index (χ4n) is 2.62. The van der Waals surface area contributed by atoms with E-state index in [0.29, 0.717) is 6.61 Å². The summed E-state index contributed by atoms with van der Waals surface area (Å²) in [4.78, 5) is 0. The molecule has 1 aliphatic rings. The molecule has 0 N–H and O–H groups in total. The molecular formula is C19H20O. The molecule has 0 aromatic heterocycles. The van der Waals surface area contributed by atoms with Crippen LogP contribution in [0.3, 0.4) is 0 Å². The van der Waals surface area contributed by atoms with Crippen LogP contribution in [0.15, 0.2) is 42.0 Å². The van der Waals surface area contributed by atoms with Crippen molar-refractivity contribution in [2.45, 2.75) is 38.2 Å². The van der Waals surface area contributed by atoms with Crippen LogP contribution in [0.1, 0.15) is 38.2 Å². The second kappa shape index (κ2) is 6.99. The van der Waals surface area contributed by atoms with Crippen molar-refractivity contribution in [2.24, 2.45) is 0 Å². The summed E-state index contributed by atoms with van der Waals surface area (Å²) in [5, 5.41) is 0. The predicted molar refractivity (Wildman–Crippen MR) is 83.1 cm³/mol. The van der Waals surface area contributed by atoms with Crippen LogP contribution in [0, 0.1) is 24.2 Å². The Bertz CT molecular complexity index is 565. The summed E-state index contributed by atoms with van der Waals surface area (Å²) >= 11 is 0. The van der Waals surface area contributed by atoms with Crippen molar-refractivity contribution in [1.82, 2.24) is 0 Å². The van der Waals surface area contributed by atoms with Crippen molar-refractivity contribution in [3.8, 4) is 24.2 Å². The quantitative estimate of drug-likeness (QED) is 0.591. The highest BCUT2D eigenvalue weighted by molar-refractivity contribution is 5.33. The number of allylic oxidation sites excluding steroid dienone is 1. The van der Waals surface area contributed by atoms with Gasteiger partial charge in [-0.2, -0.15) is 0 Å². The lowest BCUT2D eigenvalue weighted by atomic mass is 9.91. The minimum Gasteiger partial charge on any atom is -0.358 e. The van der Waals surface area contributed by atoms with E-state index in [4.69, 9.17) is 11.2 Å². The third-order valence-corrected chi connectivity index (χ3v) is 3.81. The van der Waals surface area contributed by atoms with Gasteiger partial charge in [0.1, 0.15) is 6.61 Å². The molecule has 0 fully saturated rings. The molecule has 20 heavy (non-hydrogen) atoms. The predicted octanol–water partition coefficient (Wildman–Crippen LogP) is 3.95. The molecule has 1 nitrogen and oxygen atoms in total. The minimum atomic E-state index is -0.183. The van der Waals surface area contributed by atoms with Crippen molar-refractivity contribution < 1.29 is 4.74 Å². The Balaban J connectivity index is 1.96. The van der Waals surface area contributed by atoms with E-state index in [1.54, 1.807) is 0 Å². The molecule has 102 valence electrons. The first-order chi connectivity index (χ1) is 9.77. The van der Waals surface area contributed by atoms with Crippen LogP contribution in [-0.2, 0) is 4.74 Å². The van der Waals surface area contributed by atoms with Gasteiger partial charge in [-0.05, 0) is 43.9 Å². The zero-order valence-electron chi connectivity index (χ0n) is 12.0. The average molecular weight is 264 g/mol. The Hall–Kier alpha value is -1.96. The summed E-state index contributed by atoms with van der Waals surface area (Å²) in [5.74, 6) is 9.00. The van der Waals surface area contributed by atoms with E-state index < -0.39 is 0 Å². The van der Waals surface area contributed by atoms with Crippen molar-refractivity contribution in [1.29, 1.82) is 0 Å². The van der Waals surface area contributed by atoms with Crippen LogP contribution in [-0.4, -0.2) is 12.2 Å². The van der Waals surface area contributed by atoms with Crippen molar-refractivity contribution in [2.75, 3.05) is 6.61 Å². The fraction of sp³-hybridized carbons (Fsp3) is 0.368. The van der Waals surface area contributed by atoms with Gasteiger partial charge < -0.3 is 4.74 Å². The SMILES string of the molecule is C#CCOC1(CCC#Cc2ccccc2)CCC=C1C. The van der Waals surface area contributed by atoms with Gasteiger partial charge in [0.25, 0.3) is 0 Å². The standard InChI is InChI=1S/C19H20O/c1-3-16-20-19(15-9-10-17(19)2)14-8-7-13-18-11-5-4-6-12-18/h1,4-6,10-12H,8-9,14-16H2,2H3. The van der Waals surface area contributed by atoms with Crippen LogP contribution in [0.25, 0.3) is 0 Å². The van der Waals surface area contributed by atoms with Gasteiger partial charge in [0.15, 0.2) is 0 Å². The molecule has 0 spiro atoms. The van der Waals surface area contributed by atoms with Crippen LogP contribution in [0.4, 0.5) is 0 Å². The molecule has 0 aliphatic heterocycles. The van der Waals surface area contributed by atoms with Crippen molar-refractivity contribution in [3.05, 3.63) is 47.5 Å². The number of benzene rings is 1. The van der Waals surface area contributed by atoms with Gasteiger partial charge in [0.05, 0.1) is 5.60 Å². The number of ether oxygens (including phenoxy) is 1. The number of terminal acetylenes is 1. The Morgan fingerprint density at radius 1 is 1.30 bits per heavy atom. The molecule has 1 atom stereocenters. The summed E-state index contributed by atoms with van der Waals surface area (Å²) in [6, 6.07) is 10.1. The van der Waals surface area contributed by atoms with E-state index in [1.807, 2.05) is 30.3 Å². The second-order valence-corrected chi connectivity index (χ2v) is 5.08. The molecule has 1 aromatic rings. The van der Waals surface area contributed by atoms with Gasteiger partial charge >= 0.3 is 0 Å². The highest BCUT2D eigenvalue weighted by Gasteiger charge is 2.34. The maximum absolute atomic E-state index is 5.93. The van der Waals surface area contributed by atoms with Crippen molar-refractivity contribution >= 4 is 0 Å². The Labute approximate surface area is 122 Å². The Morgan fingerprint density at radius 3 is 2.75 bits per heavy atom. The highest BCUT2D eigenvalue weighted by Crippen LogP contribution is 2.37.